The molecule has 72 valence electrons. The molecule has 4 heteroatoms. The van der Waals surface area contributed by atoms with Crippen molar-refractivity contribution < 1.29 is 18.3 Å². The summed E-state index contributed by atoms with van der Waals surface area (Å²) in [7, 11) is 0. The Hall–Kier alpha value is -1.03. The summed E-state index contributed by atoms with van der Waals surface area (Å²) in [6.07, 6.45) is -3.77. The maximum atomic E-state index is 12.6. The van der Waals surface area contributed by atoms with Crippen LogP contribution in [-0.4, -0.2) is 5.11 Å². The zero-order valence-corrected chi connectivity index (χ0v) is 6.97. The highest BCUT2D eigenvalue weighted by atomic mass is 19.3. The number of hydrogen-bond acceptors (Lipinski definition) is 1. The van der Waals surface area contributed by atoms with E-state index in [1.165, 1.54) is 6.92 Å². The number of benzene rings is 1. The molecule has 1 N–H and O–H groups in total. The van der Waals surface area contributed by atoms with Crippen LogP contribution in [0.1, 0.15) is 30.6 Å². The van der Waals surface area contributed by atoms with Gasteiger partial charge in [-0.15, -0.1) is 0 Å². The molecule has 0 spiro atoms. The van der Waals surface area contributed by atoms with Crippen LogP contribution in [0, 0.1) is 5.82 Å². The van der Waals surface area contributed by atoms with E-state index in [4.69, 9.17) is 5.11 Å². The van der Waals surface area contributed by atoms with Crippen molar-refractivity contribution in [2.24, 2.45) is 0 Å². The van der Waals surface area contributed by atoms with Gasteiger partial charge in [0.15, 0.2) is 0 Å². The molecule has 1 aromatic rings. The second kappa shape index (κ2) is 3.79. The predicted molar refractivity (Wildman–Crippen MR) is 42.0 cm³/mol. The van der Waals surface area contributed by atoms with E-state index in [1.807, 2.05) is 0 Å². The van der Waals surface area contributed by atoms with Crippen molar-refractivity contribution in [1.82, 2.24) is 0 Å². The van der Waals surface area contributed by atoms with Crippen LogP contribution in [0.5, 0.6) is 0 Å². The van der Waals surface area contributed by atoms with Gasteiger partial charge < -0.3 is 5.11 Å². The van der Waals surface area contributed by atoms with Gasteiger partial charge >= 0.3 is 0 Å². The molecular weight excluding hydrogens is 181 g/mol. The van der Waals surface area contributed by atoms with Crippen molar-refractivity contribution in [2.45, 2.75) is 19.5 Å². The molecule has 0 heterocycles. The molecule has 0 radical (unpaired) electrons. The third-order valence-corrected chi connectivity index (χ3v) is 1.73. The highest BCUT2D eigenvalue weighted by Crippen LogP contribution is 2.27. The lowest BCUT2D eigenvalue weighted by Gasteiger charge is -2.10. The van der Waals surface area contributed by atoms with E-state index in [1.54, 1.807) is 0 Å². The third kappa shape index (κ3) is 2.21. The molecule has 0 bridgehead atoms. The van der Waals surface area contributed by atoms with E-state index in [2.05, 4.69) is 0 Å². The molecule has 0 fully saturated rings. The van der Waals surface area contributed by atoms with Gasteiger partial charge in [-0.05, 0) is 24.6 Å². The first-order valence-electron chi connectivity index (χ1n) is 3.78. The minimum absolute atomic E-state index is 0.0602. The minimum Gasteiger partial charge on any atom is -0.389 e. The average Bonchev–Trinajstić information content (AvgIpc) is 2.03. The zero-order valence-electron chi connectivity index (χ0n) is 6.97. The van der Waals surface area contributed by atoms with Crippen molar-refractivity contribution in [2.75, 3.05) is 0 Å². The predicted octanol–water partition coefficient (Wildman–Crippen LogP) is 2.82. The van der Waals surface area contributed by atoms with Crippen molar-refractivity contribution in [3.8, 4) is 0 Å². The Kier molecular flexibility index (Phi) is 2.93. The maximum Gasteiger partial charge on any atom is 0.264 e. The molecule has 1 nitrogen and oxygen atoms in total. The molecule has 1 rings (SSSR count). The zero-order chi connectivity index (χ0) is 10.0. The second-order valence-corrected chi connectivity index (χ2v) is 2.75. The number of alkyl halides is 2. The van der Waals surface area contributed by atoms with E-state index in [0.717, 1.165) is 18.2 Å². The van der Waals surface area contributed by atoms with E-state index < -0.39 is 18.3 Å². The van der Waals surface area contributed by atoms with Gasteiger partial charge in [-0.3, -0.25) is 0 Å². The lowest BCUT2D eigenvalue weighted by Crippen LogP contribution is -1.99. The quantitative estimate of drug-likeness (QED) is 0.760. The van der Waals surface area contributed by atoms with Crippen LogP contribution in [-0.2, 0) is 0 Å². The van der Waals surface area contributed by atoms with Crippen molar-refractivity contribution in [3.63, 3.8) is 0 Å². The summed E-state index contributed by atoms with van der Waals surface area (Å²) in [5.74, 6) is -0.625. The fourth-order valence-electron chi connectivity index (χ4n) is 1.11. The Labute approximate surface area is 73.8 Å². The SMILES string of the molecule is CC(O)c1cc(F)ccc1C(F)F. The van der Waals surface area contributed by atoms with Gasteiger partial charge in [0.25, 0.3) is 6.43 Å². The van der Waals surface area contributed by atoms with Crippen LogP contribution in [0.25, 0.3) is 0 Å². The topological polar surface area (TPSA) is 20.2 Å². The van der Waals surface area contributed by atoms with E-state index in [-0.39, 0.29) is 11.1 Å². The molecule has 0 aliphatic rings. The molecular formula is C9H9F3O. The molecule has 0 aromatic heterocycles. The fraction of sp³-hybridized carbons (Fsp3) is 0.333. The molecule has 1 aromatic carbocycles. The first-order chi connectivity index (χ1) is 6.02. The Morgan fingerprint density at radius 1 is 1.23 bits per heavy atom. The molecule has 1 atom stereocenters. The van der Waals surface area contributed by atoms with E-state index in [9.17, 15) is 13.2 Å². The Morgan fingerprint density at radius 3 is 2.31 bits per heavy atom. The monoisotopic (exact) mass is 190 g/mol. The van der Waals surface area contributed by atoms with Crippen molar-refractivity contribution >= 4 is 0 Å². The van der Waals surface area contributed by atoms with Crippen LogP contribution in [0.4, 0.5) is 13.2 Å². The van der Waals surface area contributed by atoms with Crippen LogP contribution < -0.4 is 0 Å². The van der Waals surface area contributed by atoms with Crippen LogP contribution in [0.15, 0.2) is 18.2 Å². The summed E-state index contributed by atoms with van der Waals surface area (Å²) in [5, 5.41) is 9.08. The normalized spacial score (nSPS) is 13.4. The molecule has 0 aliphatic carbocycles. The minimum atomic E-state index is -2.69. The summed E-state index contributed by atoms with van der Waals surface area (Å²) >= 11 is 0. The summed E-state index contributed by atoms with van der Waals surface area (Å²) in [6.45, 7) is 1.32. The van der Waals surface area contributed by atoms with Crippen LogP contribution in [0.3, 0.4) is 0 Å². The summed E-state index contributed by atoms with van der Waals surface area (Å²) < 4.78 is 37.2. The van der Waals surface area contributed by atoms with Gasteiger partial charge in [0.2, 0.25) is 0 Å². The van der Waals surface area contributed by atoms with E-state index in [0.29, 0.717) is 0 Å². The van der Waals surface area contributed by atoms with Gasteiger partial charge in [0, 0.05) is 5.56 Å². The number of hydrogen-bond donors (Lipinski definition) is 1. The van der Waals surface area contributed by atoms with Crippen LogP contribution in [0.2, 0.25) is 0 Å². The third-order valence-electron chi connectivity index (χ3n) is 1.73. The van der Waals surface area contributed by atoms with Crippen molar-refractivity contribution in [3.05, 3.63) is 35.1 Å². The Morgan fingerprint density at radius 2 is 1.85 bits per heavy atom. The highest BCUT2D eigenvalue weighted by molar-refractivity contribution is 5.30. The Balaban J connectivity index is 3.19. The summed E-state index contributed by atoms with van der Waals surface area (Å²) in [6, 6.07) is 2.86. The second-order valence-electron chi connectivity index (χ2n) is 2.75. The maximum absolute atomic E-state index is 12.6. The summed E-state index contributed by atoms with van der Waals surface area (Å²) in [4.78, 5) is 0. The van der Waals surface area contributed by atoms with Gasteiger partial charge in [0.1, 0.15) is 5.82 Å². The fourth-order valence-corrected chi connectivity index (χ4v) is 1.11. The highest BCUT2D eigenvalue weighted by Gasteiger charge is 2.16. The molecule has 0 saturated carbocycles. The number of aliphatic hydroxyl groups is 1. The van der Waals surface area contributed by atoms with Crippen molar-refractivity contribution in [1.29, 1.82) is 0 Å². The van der Waals surface area contributed by atoms with Gasteiger partial charge in [-0.1, -0.05) is 6.07 Å². The molecule has 13 heavy (non-hydrogen) atoms. The standard InChI is InChI=1S/C9H9F3O/c1-5(13)8-4-6(10)2-3-7(8)9(11)12/h2-5,9,13H,1H3. The molecule has 0 aliphatic heterocycles. The average molecular weight is 190 g/mol. The number of halogens is 3. The lowest BCUT2D eigenvalue weighted by molar-refractivity contribution is 0.140. The first-order valence-corrected chi connectivity index (χ1v) is 3.78. The van der Waals surface area contributed by atoms with E-state index >= 15 is 0 Å². The molecule has 0 amide bonds. The lowest BCUT2D eigenvalue weighted by atomic mass is 10.0. The first kappa shape index (κ1) is 10.1. The van der Waals surface area contributed by atoms with Gasteiger partial charge in [-0.25, -0.2) is 13.2 Å². The van der Waals surface area contributed by atoms with Gasteiger partial charge in [-0.2, -0.15) is 0 Å². The molecule has 0 saturated heterocycles. The van der Waals surface area contributed by atoms with Gasteiger partial charge in [0.05, 0.1) is 6.10 Å². The smallest absolute Gasteiger partial charge is 0.264 e. The number of rotatable bonds is 2. The summed E-state index contributed by atoms with van der Waals surface area (Å²) in [5.41, 5.74) is -0.383. The van der Waals surface area contributed by atoms with Crippen LogP contribution >= 0.6 is 0 Å². The largest absolute Gasteiger partial charge is 0.389 e. The number of aliphatic hydroxyl groups excluding tert-OH is 1. The molecule has 1 unspecified atom stereocenters. The Bertz CT molecular complexity index is 297.